The fourth-order valence-corrected chi connectivity index (χ4v) is 3.42. The lowest BCUT2D eigenvalue weighted by molar-refractivity contribution is 0.391. The summed E-state index contributed by atoms with van der Waals surface area (Å²) in [7, 11) is 0. The Morgan fingerprint density at radius 2 is 1.71 bits per heavy atom. The van der Waals surface area contributed by atoms with E-state index in [1.807, 2.05) is 43.3 Å². The second-order valence-corrected chi connectivity index (χ2v) is 7.34. The first kappa shape index (κ1) is 18.2. The molecule has 2 N–H and O–H groups in total. The number of rotatable bonds is 6. The molecule has 0 bridgehead atoms. The first-order chi connectivity index (χ1) is 13.6. The summed E-state index contributed by atoms with van der Waals surface area (Å²) in [6.45, 7) is 4.16. The van der Waals surface area contributed by atoms with Gasteiger partial charge in [-0.1, -0.05) is 77.9 Å². The quantitative estimate of drug-likeness (QED) is 0.393. The van der Waals surface area contributed by atoms with Gasteiger partial charge in [-0.2, -0.15) is 4.98 Å². The number of aromatic nitrogens is 5. The van der Waals surface area contributed by atoms with Crippen molar-refractivity contribution in [3.8, 4) is 22.8 Å². The standard InChI is InChI=1S/C20H20N6OS/c1-3-14-6-10-15(11-7-14)18-22-17(27-25-18)12-28-20-24-23-19(26(20)21)16-8-4-13(2)5-9-16/h4-11H,3,12,21H2,1-2H3. The van der Waals surface area contributed by atoms with Gasteiger partial charge in [-0.25, -0.2) is 4.68 Å². The van der Waals surface area contributed by atoms with Crippen LogP contribution in [0.4, 0.5) is 0 Å². The van der Waals surface area contributed by atoms with Crippen LogP contribution in [0.1, 0.15) is 23.9 Å². The van der Waals surface area contributed by atoms with Gasteiger partial charge in [0.05, 0.1) is 5.75 Å². The van der Waals surface area contributed by atoms with Crippen molar-refractivity contribution in [3.63, 3.8) is 0 Å². The minimum atomic E-state index is 0.462. The van der Waals surface area contributed by atoms with Crippen LogP contribution in [0, 0.1) is 6.92 Å². The van der Waals surface area contributed by atoms with Gasteiger partial charge >= 0.3 is 0 Å². The molecule has 0 unspecified atom stereocenters. The van der Waals surface area contributed by atoms with Crippen LogP contribution in [0.5, 0.6) is 0 Å². The highest BCUT2D eigenvalue weighted by Gasteiger charge is 2.15. The number of nitrogen functional groups attached to an aromatic ring is 1. The Hall–Kier alpha value is -3.13. The smallest absolute Gasteiger partial charge is 0.237 e. The van der Waals surface area contributed by atoms with Crippen molar-refractivity contribution in [2.24, 2.45) is 0 Å². The fourth-order valence-electron chi connectivity index (χ4n) is 2.72. The van der Waals surface area contributed by atoms with Crippen molar-refractivity contribution in [2.75, 3.05) is 5.84 Å². The molecule has 2 heterocycles. The van der Waals surface area contributed by atoms with E-state index in [1.165, 1.54) is 27.6 Å². The summed E-state index contributed by atoms with van der Waals surface area (Å²) < 4.78 is 6.84. The van der Waals surface area contributed by atoms with Gasteiger partial charge in [0.2, 0.25) is 16.9 Å². The number of hydrogen-bond acceptors (Lipinski definition) is 7. The Morgan fingerprint density at radius 1 is 1.00 bits per heavy atom. The van der Waals surface area contributed by atoms with E-state index in [4.69, 9.17) is 10.4 Å². The van der Waals surface area contributed by atoms with E-state index in [-0.39, 0.29) is 0 Å². The van der Waals surface area contributed by atoms with Gasteiger partial charge in [-0.3, -0.25) is 0 Å². The van der Waals surface area contributed by atoms with Crippen LogP contribution in [-0.4, -0.2) is 25.0 Å². The second-order valence-electron chi connectivity index (χ2n) is 6.39. The van der Waals surface area contributed by atoms with E-state index in [9.17, 15) is 0 Å². The molecule has 0 aliphatic rings. The maximum atomic E-state index is 6.17. The van der Waals surface area contributed by atoms with E-state index in [1.54, 1.807) is 0 Å². The van der Waals surface area contributed by atoms with Crippen LogP contribution in [-0.2, 0) is 12.2 Å². The van der Waals surface area contributed by atoms with Crippen molar-refractivity contribution < 1.29 is 4.52 Å². The molecule has 0 aliphatic carbocycles. The molecule has 2 aromatic heterocycles. The number of hydrogen-bond donors (Lipinski definition) is 1. The first-order valence-electron chi connectivity index (χ1n) is 8.96. The predicted molar refractivity (Wildman–Crippen MR) is 109 cm³/mol. The van der Waals surface area contributed by atoms with E-state index in [0.29, 0.717) is 28.4 Å². The van der Waals surface area contributed by atoms with Crippen molar-refractivity contribution in [1.82, 2.24) is 25.0 Å². The van der Waals surface area contributed by atoms with Crippen molar-refractivity contribution in [1.29, 1.82) is 0 Å². The van der Waals surface area contributed by atoms with Gasteiger partial charge in [-0.05, 0) is 18.9 Å². The summed E-state index contributed by atoms with van der Waals surface area (Å²) in [5.41, 5.74) is 4.30. The molecule has 0 fully saturated rings. The summed E-state index contributed by atoms with van der Waals surface area (Å²) in [6, 6.07) is 16.1. The van der Waals surface area contributed by atoms with Crippen LogP contribution in [0.15, 0.2) is 58.2 Å². The minimum absolute atomic E-state index is 0.462. The molecule has 0 aliphatic heterocycles. The van der Waals surface area contributed by atoms with Gasteiger partial charge in [-0.15, -0.1) is 10.2 Å². The van der Waals surface area contributed by atoms with Gasteiger partial charge in [0.1, 0.15) is 0 Å². The van der Waals surface area contributed by atoms with Crippen LogP contribution in [0.3, 0.4) is 0 Å². The Morgan fingerprint density at radius 3 is 2.43 bits per heavy atom. The Bertz CT molecular complexity index is 1070. The first-order valence-corrected chi connectivity index (χ1v) is 9.95. The lowest BCUT2D eigenvalue weighted by Crippen LogP contribution is -2.11. The molecule has 0 saturated heterocycles. The monoisotopic (exact) mass is 392 g/mol. The topological polar surface area (TPSA) is 95.7 Å². The summed E-state index contributed by atoms with van der Waals surface area (Å²) in [5.74, 6) is 8.33. The molecular formula is C20H20N6OS. The highest BCUT2D eigenvalue weighted by molar-refractivity contribution is 7.98. The highest BCUT2D eigenvalue weighted by atomic mass is 32.2. The lowest BCUT2D eigenvalue weighted by atomic mass is 10.1. The van der Waals surface area contributed by atoms with Crippen molar-refractivity contribution in [3.05, 3.63) is 65.5 Å². The van der Waals surface area contributed by atoms with E-state index in [2.05, 4.69) is 39.4 Å². The molecule has 4 aromatic rings. The Kier molecular flexibility index (Phi) is 5.12. The summed E-state index contributed by atoms with van der Waals surface area (Å²) in [4.78, 5) is 4.46. The molecule has 28 heavy (non-hydrogen) atoms. The van der Waals surface area contributed by atoms with Crippen LogP contribution < -0.4 is 5.84 Å². The van der Waals surface area contributed by atoms with Crippen molar-refractivity contribution >= 4 is 11.8 Å². The zero-order valence-corrected chi connectivity index (χ0v) is 16.5. The zero-order chi connectivity index (χ0) is 19.5. The number of nitrogens with two attached hydrogens (primary N) is 1. The molecule has 7 nitrogen and oxygen atoms in total. The van der Waals surface area contributed by atoms with E-state index < -0.39 is 0 Å². The minimum Gasteiger partial charge on any atom is -0.338 e. The molecule has 0 saturated carbocycles. The molecule has 0 atom stereocenters. The molecule has 0 amide bonds. The average Bonchev–Trinajstić information content (AvgIpc) is 3.34. The molecule has 2 aromatic carbocycles. The largest absolute Gasteiger partial charge is 0.338 e. The third kappa shape index (κ3) is 3.77. The van der Waals surface area contributed by atoms with E-state index in [0.717, 1.165) is 17.5 Å². The summed E-state index contributed by atoms with van der Waals surface area (Å²) >= 11 is 1.40. The average molecular weight is 392 g/mol. The van der Waals surface area contributed by atoms with Gasteiger partial charge in [0.15, 0.2) is 5.82 Å². The molecule has 0 spiro atoms. The number of nitrogens with zero attached hydrogens (tertiary/aromatic N) is 5. The number of benzene rings is 2. The lowest BCUT2D eigenvalue weighted by Gasteiger charge is -2.03. The molecule has 4 rings (SSSR count). The third-order valence-corrected chi connectivity index (χ3v) is 5.32. The molecule has 0 radical (unpaired) electrons. The van der Waals surface area contributed by atoms with Gasteiger partial charge in [0.25, 0.3) is 0 Å². The Balaban J connectivity index is 1.45. The SMILES string of the molecule is CCc1ccc(-c2noc(CSc3nnc(-c4ccc(C)cc4)n3N)n2)cc1. The van der Waals surface area contributed by atoms with Crippen LogP contribution >= 0.6 is 11.8 Å². The number of thioether (sulfide) groups is 1. The van der Waals surface area contributed by atoms with Crippen LogP contribution in [0.2, 0.25) is 0 Å². The summed E-state index contributed by atoms with van der Waals surface area (Å²) in [5, 5.41) is 13.0. The maximum Gasteiger partial charge on any atom is 0.237 e. The van der Waals surface area contributed by atoms with Crippen LogP contribution in [0.25, 0.3) is 22.8 Å². The molecule has 142 valence electrons. The molecular weight excluding hydrogens is 372 g/mol. The maximum absolute atomic E-state index is 6.17. The number of aryl methyl sites for hydroxylation is 2. The summed E-state index contributed by atoms with van der Waals surface area (Å²) in [6.07, 6.45) is 0.999. The van der Waals surface area contributed by atoms with E-state index >= 15 is 0 Å². The third-order valence-electron chi connectivity index (χ3n) is 4.39. The second kappa shape index (κ2) is 7.85. The highest BCUT2D eigenvalue weighted by Crippen LogP contribution is 2.25. The zero-order valence-electron chi connectivity index (χ0n) is 15.7. The van der Waals surface area contributed by atoms with Gasteiger partial charge < -0.3 is 10.4 Å². The fraction of sp³-hybridized carbons (Fsp3) is 0.200. The molecule has 8 heteroatoms. The normalized spacial score (nSPS) is 11.1. The van der Waals surface area contributed by atoms with Gasteiger partial charge in [0, 0.05) is 11.1 Å². The Labute approximate surface area is 167 Å². The van der Waals surface area contributed by atoms with Crippen molar-refractivity contribution in [2.45, 2.75) is 31.2 Å². The predicted octanol–water partition coefficient (Wildman–Crippen LogP) is 3.87.